The first-order chi connectivity index (χ1) is 13.7. The molecular weight excluding hydrogens is 420 g/mol. The molecule has 2 heterocycles. The van der Waals surface area contributed by atoms with Gasteiger partial charge >= 0.3 is 6.09 Å². The van der Waals surface area contributed by atoms with Crippen LogP contribution in [-0.2, 0) is 28.4 Å². The Labute approximate surface area is 171 Å². The monoisotopic (exact) mass is 436 g/mol. The number of hydrogen-bond donors (Lipinski definition) is 2. The summed E-state index contributed by atoms with van der Waals surface area (Å²) in [4.78, 5) is 16.4. The third-order valence-electron chi connectivity index (χ3n) is 3.62. The molecule has 2 N–H and O–H groups in total. The highest BCUT2D eigenvalue weighted by molar-refractivity contribution is 7.92. The van der Waals surface area contributed by atoms with Crippen LogP contribution >= 0.6 is 11.6 Å². The van der Waals surface area contributed by atoms with Crippen LogP contribution in [0.3, 0.4) is 0 Å². The van der Waals surface area contributed by atoms with E-state index in [2.05, 4.69) is 25.3 Å². The number of benzene rings is 1. The second kappa shape index (κ2) is 8.45. The van der Waals surface area contributed by atoms with Crippen molar-refractivity contribution in [2.75, 3.05) is 16.3 Å². The van der Waals surface area contributed by atoms with E-state index >= 15 is 0 Å². The van der Waals surface area contributed by atoms with Crippen LogP contribution in [0.25, 0.3) is 11.4 Å². The molecule has 0 aliphatic heterocycles. The summed E-state index contributed by atoms with van der Waals surface area (Å²) in [5.41, 5.74) is 1.74. The number of amides is 1. The number of carbonyl (C=O) groups is 1. The zero-order valence-electron chi connectivity index (χ0n) is 15.5. The fourth-order valence-electron chi connectivity index (χ4n) is 2.39. The van der Waals surface area contributed by atoms with Crippen LogP contribution in [0.2, 0.25) is 5.02 Å². The summed E-state index contributed by atoms with van der Waals surface area (Å²) in [6, 6.07) is 10.0. The van der Waals surface area contributed by atoms with Gasteiger partial charge in [0.15, 0.2) is 11.5 Å². The zero-order valence-corrected chi connectivity index (χ0v) is 17.0. The Morgan fingerprint density at radius 1 is 1.28 bits per heavy atom. The minimum atomic E-state index is -3.41. The topological polar surface area (TPSA) is 128 Å². The van der Waals surface area contributed by atoms with Gasteiger partial charge in [-0.2, -0.15) is 0 Å². The molecule has 10 nitrogen and oxygen atoms in total. The summed E-state index contributed by atoms with van der Waals surface area (Å²) in [5, 5.41) is 11.0. The smallest absolute Gasteiger partial charge is 0.413 e. The highest BCUT2D eigenvalue weighted by Crippen LogP contribution is 2.24. The SMILES string of the molecule is Cn1nnc(-c2ccc(NS(C)(=O)=O)cn2)c1NC(=O)OCc1cccc(Cl)c1. The molecule has 0 fully saturated rings. The lowest BCUT2D eigenvalue weighted by atomic mass is 10.2. The number of nitrogens with one attached hydrogen (secondary N) is 2. The minimum absolute atomic E-state index is 0.0388. The predicted octanol–water partition coefficient (Wildman–Crippen LogP) is 2.65. The maximum atomic E-state index is 12.2. The minimum Gasteiger partial charge on any atom is -0.444 e. The van der Waals surface area contributed by atoms with Crippen molar-refractivity contribution in [2.45, 2.75) is 6.61 Å². The van der Waals surface area contributed by atoms with Crippen LogP contribution in [0.5, 0.6) is 0 Å². The van der Waals surface area contributed by atoms with E-state index in [9.17, 15) is 13.2 Å². The van der Waals surface area contributed by atoms with Gasteiger partial charge in [0, 0.05) is 12.1 Å². The Morgan fingerprint density at radius 3 is 2.72 bits per heavy atom. The maximum Gasteiger partial charge on any atom is 0.413 e. The lowest BCUT2D eigenvalue weighted by Gasteiger charge is -2.09. The molecule has 0 aliphatic carbocycles. The Morgan fingerprint density at radius 2 is 2.07 bits per heavy atom. The highest BCUT2D eigenvalue weighted by Gasteiger charge is 2.17. The average molecular weight is 437 g/mol. The molecule has 29 heavy (non-hydrogen) atoms. The molecule has 0 aliphatic rings. The molecule has 0 saturated heterocycles. The zero-order chi connectivity index (χ0) is 21.0. The maximum absolute atomic E-state index is 12.2. The van der Waals surface area contributed by atoms with Gasteiger partial charge < -0.3 is 4.74 Å². The predicted molar refractivity (Wildman–Crippen MR) is 108 cm³/mol. The number of aromatic nitrogens is 4. The first kappa shape index (κ1) is 20.6. The number of pyridine rings is 1. The van der Waals surface area contributed by atoms with Crippen molar-refractivity contribution in [1.82, 2.24) is 20.0 Å². The molecule has 0 atom stereocenters. The second-order valence-corrected chi connectivity index (χ2v) is 8.23. The number of halogens is 1. The van der Waals surface area contributed by atoms with E-state index in [0.29, 0.717) is 22.1 Å². The van der Waals surface area contributed by atoms with E-state index in [1.54, 1.807) is 37.4 Å². The van der Waals surface area contributed by atoms with Crippen LogP contribution in [-0.4, -0.2) is 40.7 Å². The molecule has 0 unspecified atom stereocenters. The number of nitrogens with zero attached hydrogens (tertiary/aromatic N) is 4. The first-order valence-electron chi connectivity index (χ1n) is 8.23. The molecule has 1 amide bonds. The molecule has 2 aromatic heterocycles. The third kappa shape index (κ3) is 5.65. The lowest BCUT2D eigenvalue weighted by Crippen LogP contribution is -2.16. The van der Waals surface area contributed by atoms with Crippen LogP contribution in [0.4, 0.5) is 16.3 Å². The van der Waals surface area contributed by atoms with E-state index < -0.39 is 16.1 Å². The van der Waals surface area contributed by atoms with Gasteiger partial charge in [-0.25, -0.2) is 17.9 Å². The van der Waals surface area contributed by atoms with Crippen LogP contribution in [0, 0.1) is 0 Å². The molecule has 3 aromatic rings. The molecule has 0 bridgehead atoms. The van der Waals surface area contributed by atoms with Gasteiger partial charge in [0.05, 0.1) is 23.8 Å². The Hall–Kier alpha value is -3.18. The number of anilines is 2. The van der Waals surface area contributed by atoms with Gasteiger partial charge in [-0.1, -0.05) is 28.9 Å². The summed E-state index contributed by atoms with van der Waals surface area (Å²) < 4.78 is 31.4. The molecule has 3 rings (SSSR count). The van der Waals surface area contributed by atoms with Crippen LogP contribution in [0.15, 0.2) is 42.6 Å². The summed E-state index contributed by atoms with van der Waals surface area (Å²) >= 11 is 5.91. The summed E-state index contributed by atoms with van der Waals surface area (Å²) in [6.07, 6.45) is 1.68. The number of ether oxygens (including phenoxy) is 1. The van der Waals surface area contributed by atoms with E-state index in [1.807, 2.05) is 0 Å². The van der Waals surface area contributed by atoms with Gasteiger partial charge in [0.2, 0.25) is 10.0 Å². The fourth-order valence-corrected chi connectivity index (χ4v) is 3.15. The fraction of sp³-hybridized carbons (Fsp3) is 0.176. The quantitative estimate of drug-likeness (QED) is 0.607. The van der Waals surface area contributed by atoms with Gasteiger partial charge in [-0.15, -0.1) is 5.10 Å². The molecule has 12 heteroatoms. The van der Waals surface area contributed by atoms with Crippen molar-refractivity contribution >= 4 is 39.2 Å². The molecular formula is C17H17ClN6O4S. The van der Waals surface area contributed by atoms with Crippen LogP contribution < -0.4 is 10.0 Å². The Bertz CT molecular complexity index is 1130. The van der Waals surface area contributed by atoms with E-state index in [4.69, 9.17) is 16.3 Å². The van der Waals surface area contributed by atoms with Gasteiger partial charge in [0.1, 0.15) is 6.61 Å². The van der Waals surface area contributed by atoms with Crippen molar-refractivity contribution in [3.63, 3.8) is 0 Å². The standard InChI is InChI=1S/C17H17ClN6O4S/c1-24-16(20-17(25)28-10-11-4-3-5-12(18)8-11)15(21-23-24)14-7-6-13(9-19-14)22-29(2,26)27/h3-9,22H,10H2,1-2H3,(H,20,25). The van der Waals surface area contributed by atoms with Crippen molar-refractivity contribution in [1.29, 1.82) is 0 Å². The van der Waals surface area contributed by atoms with Gasteiger partial charge in [-0.3, -0.25) is 15.0 Å². The van der Waals surface area contributed by atoms with Crippen molar-refractivity contribution in [3.8, 4) is 11.4 Å². The van der Waals surface area contributed by atoms with Crippen molar-refractivity contribution < 1.29 is 17.9 Å². The molecule has 152 valence electrons. The van der Waals surface area contributed by atoms with Gasteiger partial charge in [-0.05, 0) is 29.8 Å². The number of hydrogen-bond acceptors (Lipinski definition) is 7. The van der Waals surface area contributed by atoms with E-state index in [-0.39, 0.29) is 12.4 Å². The highest BCUT2D eigenvalue weighted by atomic mass is 35.5. The second-order valence-electron chi connectivity index (χ2n) is 6.05. The number of rotatable bonds is 6. The van der Waals surface area contributed by atoms with Gasteiger partial charge in [0.25, 0.3) is 0 Å². The van der Waals surface area contributed by atoms with E-state index in [0.717, 1.165) is 11.8 Å². The van der Waals surface area contributed by atoms with Crippen molar-refractivity contribution in [3.05, 3.63) is 53.2 Å². The third-order valence-corrected chi connectivity index (χ3v) is 4.46. The normalized spacial score (nSPS) is 11.1. The Kier molecular flexibility index (Phi) is 5.99. The lowest BCUT2D eigenvalue weighted by molar-refractivity contribution is 0.155. The number of aryl methyl sites for hydroxylation is 1. The molecule has 0 saturated carbocycles. The first-order valence-corrected chi connectivity index (χ1v) is 10.5. The van der Waals surface area contributed by atoms with Crippen LogP contribution in [0.1, 0.15) is 5.56 Å². The molecule has 0 radical (unpaired) electrons. The summed E-state index contributed by atoms with van der Waals surface area (Å²) in [6.45, 7) is 0.0388. The van der Waals surface area contributed by atoms with Crippen molar-refractivity contribution in [2.24, 2.45) is 7.05 Å². The number of carbonyl (C=O) groups excluding carboxylic acids is 1. The molecule has 1 aromatic carbocycles. The average Bonchev–Trinajstić information content (AvgIpc) is 3.00. The summed E-state index contributed by atoms with van der Waals surface area (Å²) in [7, 11) is -1.81. The Balaban J connectivity index is 1.71. The largest absolute Gasteiger partial charge is 0.444 e. The van der Waals surface area contributed by atoms with E-state index in [1.165, 1.54) is 16.9 Å². The summed E-state index contributed by atoms with van der Waals surface area (Å²) in [5.74, 6) is 0.275. The number of sulfonamides is 1. The molecule has 0 spiro atoms.